The zero-order valence-electron chi connectivity index (χ0n) is 20.6. The SMILES string of the molecule is CCCC(=O)N1C(=O)N([Si](c2ccccc2)(c2ccccc2)c2ccccc2)C[C@@H]1C(C)(C)C. The van der Waals surface area contributed by atoms with E-state index < -0.39 is 8.24 Å². The minimum atomic E-state index is -3.00. The van der Waals surface area contributed by atoms with Crippen molar-refractivity contribution < 1.29 is 9.59 Å². The highest BCUT2D eigenvalue weighted by Crippen LogP contribution is 2.34. The van der Waals surface area contributed by atoms with Crippen LogP contribution in [0.2, 0.25) is 0 Å². The van der Waals surface area contributed by atoms with Crippen molar-refractivity contribution in [2.75, 3.05) is 6.54 Å². The Morgan fingerprint density at radius 3 is 1.59 bits per heavy atom. The minimum absolute atomic E-state index is 0.0768. The molecule has 1 atom stereocenters. The van der Waals surface area contributed by atoms with E-state index in [1.54, 1.807) is 4.90 Å². The quantitative estimate of drug-likeness (QED) is 0.401. The number of amides is 3. The summed E-state index contributed by atoms with van der Waals surface area (Å²) in [5.74, 6) is -0.0768. The number of carbonyl (C=O) groups is 2. The van der Waals surface area contributed by atoms with Gasteiger partial charge in [0.1, 0.15) is 0 Å². The molecule has 1 aliphatic rings. The third kappa shape index (κ3) is 4.09. The predicted octanol–water partition coefficient (Wildman–Crippen LogP) is 4.13. The maximum atomic E-state index is 14.3. The molecule has 34 heavy (non-hydrogen) atoms. The van der Waals surface area contributed by atoms with E-state index in [9.17, 15) is 9.59 Å². The highest BCUT2D eigenvalue weighted by molar-refractivity contribution is 7.10. The van der Waals surface area contributed by atoms with Gasteiger partial charge in [0.15, 0.2) is 0 Å². The van der Waals surface area contributed by atoms with Crippen LogP contribution >= 0.6 is 0 Å². The number of urea groups is 1. The Hall–Kier alpha value is -3.18. The van der Waals surface area contributed by atoms with E-state index in [2.05, 4.69) is 61.7 Å². The molecule has 0 saturated carbocycles. The molecule has 0 radical (unpaired) electrons. The van der Waals surface area contributed by atoms with E-state index >= 15 is 0 Å². The third-order valence-electron chi connectivity index (χ3n) is 6.82. The van der Waals surface area contributed by atoms with Crippen molar-refractivity contribution in [1.82, 2.24) is 9.47 Å². The number of hydrogen-bond acceptors (Lipinski definition) is 2. The fraction of sp³-hybridized carbons (Fsp3) is 0.310. The molecule has 3 amide bonds. The van der Waals surface area contributed by atoms with Crippen LogP contribution in [-0.4, -0.2) is 42.2 Å². The van der Waals surface area contributed by atoms with E-state index in [1.165, 1.54) is 0 Å². The fourth-order valence-corrected chi connectivity index (χ4v) is 9.96. The molecule has 4 rings (SSSR count). The smallest absolute Gasteiger partial charge is 0.319 e. The van der Waals surface area contributed by atoms with E-state index in [0.29, 0.717) is 13.0 Å². The Kier molecular flexibility index (Phi) is 6.76. The van der Waals surface area contributed by atoms with Crippen LogP contribution in [0.1, 0.15) is 40.5 Å². The van der Waals surface area contributed by atoms with Gasteiger partial charge in [-0.25, -0.2) is 4.79 Å². The Balaban J connectivity index is 2.01. The Labute approximate surface area is 204 Å². The molecule has 1 fully saturated rings. The van der Waals surface area contributed by atoms with Crippen molar-refractivity contribution >= 4 is 35.7 Å². The van der Waals surface area contributed by atoms with Gasteiger partial charge in [-0.1, -0.05) is 119 Å². The lowest BCUT2D eigenvalue weighted by Crippen LogP contribution is -2.77. The van der Waals surface area contributed by atoms with Gasteiger partial charge in [0, 0.05) is 13.0 Å². The summed E-state index contributed by atoms with van der Waals surface area (Å²) in [6.45, 7) is 8.87. The Morgan fingerprint density at radius 2 is 1.24 bits per heavy atom. The van der Waals surface area contributed by atoms with Crippen molar-refractivity contribution in [3.8, 4) is 0 Å². The molecule has 5 heteroatoms. The first-order valence-corrected chi connectivity index (χ1v) is 14.1. The number of benzene rings is 3. The normalized spacial score (nSPS) is 16.7. The van der Waals surface area contributed by atoms with Crippen molar-refractivity contribution in [3.05, 3.63) is 91.0 Å². The summed E-state index contributed by atoms with van der Waals surface area (Å²) in [5.41, 5.74) is -0.238. The molecule has 0 aliphatic carbocycles. The first-order valence-electron chi connectivity index (χ1n) is 12.1. The summed E-state index contributed by atoms with van der Waals surface area (Å²) in [5, 5.41) is 3.41. The highest BCUT2D eigenvalue weighted by atomic mass is 28.3. The largest absolute Gasteiger partial charge is 0.337 e. The molecule has 1 saturated heterocycles. The van der Waals surface area contributed by atoms with Crippen LogP contribution in [0.3, 0.4) is 0 Å². The monoisotopic (exact) mass is 470 g/mol. The molecule has 0 N–H and O–H groups in total. The zero-order chi connectivity index (χ0) is 24.3. The third-order valence-corrected chi connectivity index (χ3v) is 11.5. The van der Waals surface area contributed by atoms with Gasteiger partial charge in [0.2, 0.25) is 5.91 Å². The molecular weight excluding hydrogens is 436 g/mol. The summed E-state index contributed by atoms with van der Waals surface area (Å²) in [6, 6.07) is 30.8. The van der Waals surface area contributed by atoms with Crippen LogP contribution in [0.25, 0.3) is 0 Å². The standard InChI is InChI=1S/C29H34N2O2Si/c1-5-15-27(32)31-26(29(2,3)4)22-30(28(31)33)34(23-16-9-6-10-17-23,24-18-11-7-12-19-24)25-20-13-8-14-21-25/h6-14,16-21,26H,5,15,22H2,1-4H3/t26-/m1/s1. The zero-order valence-corrected chi connectivity index (χ0v) is 21.6. The van der Waals surface area contributed by atoms with E-state index in [-0.39, 0.29) is 23.4 Å². The fourth-order valence-electron chi connectivity index (χ4n) is 5.16. The van der Waals surface area contributed by atoms with Gasteiger partial charge in [-0.15, -0.1) is 0 Å². The predicted molar refractivity (Wildman–Crippen MR) is 141 cm³/mol. The van der Waals surface area contributed by atoms with Gasteiger partial charge >= 0.3 is 6.03 Å². The lowest BCUT2D eigenvalue weighted by Gasteiger charge is -2.41. The maximum Gasteiger partial charge on any atom is 0.319 e. The van der Waals surface area contributed by atoms with E-state index in [1.807, 2.05) is 61.5 Å². The average molecular weight is 471 g/mol. The molecule has 0 unspecified atom stereocenters. The van der Waals surface area contributed by atoms with Crippen LogP contribution in [0, 0.1) is 5.41 Å². The van der Waals surface area contributed by atoms with Crippen LogP contribution in [-0.2, 0) is 4.79 Å². The van der Waals surface area contributed by atoms with Gasteiger partial charge in [0.25, 0.3) is 8.24 Å². The maximum absolute atomic E-state index is 14.3. The Bertz CT molecular complexity index is 1030. The van der Waals surface area contributed by atoms with Gasteiger partial charge < -0.3 is 4.57 Å². The first kappa shape index (κ1) is 24.0. The van der Waals surface area contributed by atoms with Crippen LogP contribution in [0.4, 0.5) is 4.79 Å². The second kappa shape index (κ2) is 9.59. The molecule has 3 aromatic carbocycles. The van der Waals surface area contributed by atoms with Crippen molar-refractivity contribution in [1.29, 1.82) is 0 Å². The van der Waals surface area contributed by atoms with Gasteiger partial charge in [-0.2, -0.15) is 0 Å². The number of carbonyl (C=O) groups excluding carboxylic acids is 2. The number of nitrogens with zero attached hydrogens (tertiary/aromatic N) is 2. The molecule has 1 aliphatic heterocycles. The number of rotatable bonds is 6. The second-order valence-corrected chi connectivity index (χ2v) is 13.8. The molecule has 0 spiro atoms. The number of imide groups is 1. The summed E-state index contributed by atoms with van der Waals surface area (Å²) in [4.78, 5) is 29.2. The second-order valence-electron chi connectivity index (χ2n) is 10.1. The van der Waals surface area contributed by atoms with Gasteiger partial charge in [0.05, 0.1) is 6.04 Å². The molecule has 3 aromatic rings. The minimum Gasteiger partial charge on any atom is -0.337 e. The lowest BCUT2D eigenvalue weighted by atomic mass is 9.86. The molecule has 4 nitrogen and oxygen atoms in total. The molecule has 0 bridgehead atoms. The molecule has 176 valence electrons. The molecule has 0 aromatic heterocycles. The van der Waals surface area contributed by atoms with Gasteiger partial charge in [-0.05, 0) is 27.4 Å². The summed E-state index contributed by atoms with van der Waals surface area (Å²) in [6.07, 6.45) is 1.10. The lowest BCUT2D eigenvalue weighted by molar-refractivity contribution is -0.130. The van der Waals surface area contributed by atoms with Crippen LogP contribution in [0.5, 0.6) is 0 Å². The van der Waals surface area contributed by atoms with Crippen LogP contribution in [0.15, 0.2) is 91.0 Å². The molecule has 1 heterocycles. The highest BCUT2D eigenvalue weighted by Gasteiger charge is 2.56. The van der Waals surface area contributed by atoms with E-state index in [4.69, 9.17) is 0 Å². The number of hydrogen-bond donors (Lipinski definition) is 0. The van der Waals surface area contributed by atoms with Crippen molar-refractivity contribution in [2.45, 2.75) is 46.6 Å². The summed E-state index contributed by atoms with van der Waals surface area (Å²) in [7, 11) is -3.00. The van der Waals surface area contributed by atoms with Crippen molar-refractivity contribution in [3.63, 3.8) is 0 Å². The molecular formula is C29H34N2O2Si. The summed E-state index contributed by atoms with van der Waals surface area (Å²) < 4.78 is 2.07. The first-order chi connectivity index (χ1) is 16.3. The Morgan fingerprint density at radius 1 is 0.824 bits per heavy atom. The van der Waals surface area contributed by atoms with E-state index in [0.717, 1.165) is 22.0 Å². The van der Waals surface area contributed by atoms with Crippen LogP contribution < -0.4 is 15.6 Å². The summed E-state index contributed by atoms with van der Waals surface area (Å²) >= 11 is 0. The van der Waals surface area contributed by atoms with Gasteiger partial charge in [-0.3, -0.25) is 9.69 Å². The topological polar surface area (TPSA) is 40.6 Å². The van der Waals surface area contributed by atoms with Crippen molar-refractivity contribution in [2.24, 2.45) is 5.41 Å². The average Bonchev–Trinajstić information content (AvgIpc) is 3.20.